The SMILES string of the molecule is Fc1cccc(Cl)c1-c1nc(-c2ccc(Br)cc2)cs1. The number of rotatable bonds is 2. The topological polar surface area (TPSA) is 12.9 Å². The van der Waals surface area contributed by atoms with Crippen molar-refractivity contribution in [1.82, 2.24) is 4.98 Å². The predicted molar refractivity (Wildman–Crippen MR) is 85.7 cm³/mol. The first-order valence-electron chi connectivity index (χ1n) is 5.81. The molecule has 3 aromatic rings. The number of nitrogens with zero attached hydrogens (tertiary/aromatic N) is 1. The largest absolute Gasteiger partial charge is 0.236 e. The molecule has 20 heavy (non-hydrogen) atoms. The number of aromatic nitrogens is 1. The normalized spacial score (nSPS) is 10.8. The van der Waals surface area contributed by atoms with Gasteiger partial charge in [0.05, 0.1) is 16.3 Å². The molecule has 0 fully saturated rings. The van der Waals surface area contributed by atoms with Crippen LogP contribution in [0, 0.1) is 5.82 Å². The smallest absolute Gasteiger partial charge is 0.134 e. The van der Waals surface area contributed by atoms with Crippen molar-refractivity contribution >= 4 is 38.9 Å². The molecule has 1 heterocycles. The van der Waals surface area contributed by atoms with Crippen molar-refractivity contribution in [2.24, 2.45) is 0 Å². The van der Waals surface area contributed by atoms with E-state index in [4.69, 9.17) is 11.6 Å². The lowest BCUT2D eigenvalue weighted by molar-refractivity contribution is 0.631. The number of thiazole rings is 1. The Kier molecular flexibility index (Phi) is 3.87. The number of halogens is 3. The van der Waals surface area contributed by atoms with Gasteiger partial charge in [-0.3, -0.25) is 0 Å². The highest BCUT2D eigenvalue weighted by atomic mass is 79.9. The third kappa shape index (κ3) is 2.64. The Balaban J connectivity index is 2.04. The molecule has 0 aliphatic carbocycles. The zero-order valence-electron chi connectivity index (χ0n) is 10.1. The first-order chi connectivity index (χ1) is 9.65. The molecular formula is C15H8BrClFNS. The Bertz CT molecular complexity index is 735. The second-order valence-corrected chi connectivity index (χ2v) is 6.32. The Hall–Kier alpha value is -1.23. The highest BCUT2D eigenvalue weighted by Crippen LogP contribution is 2.35. The fourth-order valence-corrected chi connectivity index (χ4v) is 3.31. The second kappa shape index (κ2) is 5.64. The van der Waals surface area contributed by atoms with Crippen LogP contribution < -0.4 is 0 Å². The fraction of sp³-hybridized carbons (Fsp3) is 0. The molecule has 0 unspecified atom stereocenters. The van der Waals surface area contributed by atoms with Crippen LogP contribution in [-0.2, 0) is 0 Å². The molecule has 2 aromatic carbocycles. The molecule has 0 N–H and O–H groups in total. The van der Waals surface area contributed by atoms with Crippen LogP contribution in [0.25, 0.3) is 21.8 Å². The van der Waals surface area contributed by atoms with Gasteiger partial charge in [-0.2, -0.15) is 0 Å². The highest BCUT2D eigenvalue weighted by Gasteiger charge is 2.14. The van der Waals surface area contributed by atoms with Crippen molar-refractivity contribution < 1.29 is 4.39 Å². The molecule has 5 heteroatoms. The minimum atomic E-state index is -0.353. The summed E-state index contributed by atoms with van der Waals surface area (Å²) in [6, 6.07) is 12.5. The molecule has 0 bridgehead atoms. The molecule has 0 aliphatic rings. The predicted octanol–water partition coefficient (Wildman–Crippen LogP) is 6.03. The molecule has 0 amide bonds. The Morgan fingerprint density at radius 2 is 1.85 bits per heavy atom. The maximum absolute atomic E-state index is 13.9. The van der Waals surface area contributed by atoms with Gasteiger partial charge in [-0.15, -0.1) is 11.3 Å². The van der Waals surface area contributed by atoms with Crippen LogP contribution >= 0.6 is 38.9 Å². The average Bonchev–Trinajstić information content (AvgIpc) is 2.89. The Morgan fingerprint density at radius 3 is 2.55 bits per heavy atom. The molecule has 0 radical (unpaired) electrons. The summed E-state index contributed by atoms with van der Waals surface area (Å²) in [6.07, 6.45) is 0. The lowest BCUT2D eigenvalue weighted by atomic mass is 10.2. The quantitative estimate of drug-likeness (QED) is 0.538. The first kappa shape index (κ1) is 13.7. The van der Waals surface area contributed by atoms with Gasteiger partial charge in [0.15, 0.2) is 0 Å². The molecule has 100 valence electrons. The molecule has 0 atom stereocenters. The van der Waals surface area contributed by atoms with Crippen LogP contribution in [0.15, 0.2) is 52.3 Å². The molecule has 0 saturated heterocycles. The lowest BCUT2D eigenvalue weighted by Crippen LogP contribution is -1.85. The van der Waals surface area contributed by atoms with E-state index in [0.717, 1.165) is 15.7 Å². The number of benzene rings is 2. The minimum Gasteiger partial charge on any atom is -0.236 e. The van der Waals surface area contributed by atoms with E-state index in [9.17, 15) is 4.39 Å². The molecular weight excluding hydrogens is 361 g/mol. The van der Waals surface area contributed by atoms with Crippen LogP contribution in [0.4, 0.5) is 4.39 Å². The van der Waals surface area contributed by atoms with Crippen molar-refractivity contribution in [1.29, 1.82) is 0 Å². The van der Waals surface area contributed by atoms with E-state index in [1.807, 2.05) is 29.6 Å². The van der Waals surface area contributed by atoms with Crippen molar-refractivity contribution in [3.05, 3.63) is 63.2 Å². The van der Waals surface area contributed by atoms with Crippen molar-refractivity contribution in [3.63, 3.8) is 0 Å². The van der Waals surface area contributed by atoms with Gasteiger partial charge in [-0.1, -0.05) is 45.7 Å². The van der Waals surface area contributed by atoms with E-state index >= 15 is 0 Å². The third-order valence-corrected chi connectivity index (χ3v) is 4.52. The van der Waals surface area contributed by atoms with Crippen LogP contribution in [0.1, 0.15) is 0 Å². The van der Waals surface area contributed by atoms with Crippen molar-refractivity contribution in [2.45, 2.75) is 0 Å². The summed E-state index contributed by atoms with van der Waals surface area (Å²) in [4.78, 5) is 4.48. The summed E-state index contributed by atoms with van der Waals surface area (Å²) >= 11 is 10.8. The van der Waals surface area contributed by atoms with E-state index < -0.39 is 0 Å². The summed E-state index contributed by atoms with van der Waals surface area (Å²) in [5.41, 5.74) is 2.17. The summed E-state index contributed by atoms with van der Waals surface area (Å²) in [5, 5.41) is 2.87. The van der Waals surface area contributed by atoms with E-state index in [1.165, 1.54) is 17.4 Å². The van der Waals surface area contributed by atoms with Gasteiger partial charge in [-0.25, -0.2) is 9.37 Å². The van der Waals surface area contributed by atoms with E-state index in [-0.39, 0.29) is 5.82 Å². The monoisotopic (exact) mass is 367 g/mol. The zero-order valence-corrected chi connectivity index (χ0v) is 13.3. The summed E-state index contributed by atoms with van der Waals surface area (Å²) in [6.45, 7) is 0. The summed E-state index contributed by atoms with van der Waals surface area (Å²) in [5.74, 6) is -0.353. The maximum atomic E-state index is 13.9. The van der Waals surface area contributed by atoms with Crippen LogP contribution in [-0.4, -0.2) is 4.98 Å². The maximum Gasteiger partial charge on any atom is 0.134 e. The van der Waals surface area contributed by atoms with E-state index in [0.29, 0.717) is 15.6 Å². The summed E-state index contributed by atoms with van der Waals surface area (Å²) in [7, 11) is 0. The van der Waals surface area contributed by atoms with Crippen LogP contribution in [0.3, 0.4) is 0 Å². The Labute approximate surface area is 133 Å². The lowest BCUT2D eigenvalue weighted by Gasteiger charge is -2.01. The van der Waals surface area contributed by atoms with E-state index in [1.54, 1.807) is 12.1 Å². The molecule has 1 aromatic heterocycles. The van der Waals surface area contributed by atoms with Gasteiger partial charge < -0.3 is 0 Å². The van der Waals surface area contributed by atoms with Gasteiger partial charge in [0.2, 0.25) is 0 Å². The van der Waals surface area contributed by atoms with Gasteiger partial charge >= 0.3 is 0 Å². The molecule has 0 saturated carbocycles. The number of hydrogen-bond acceptors (Lipinski definition) is 2. The van der Waals surface area contributed by atoms with Gasteiger partial charge in [0, 0.05) is 15.4 Å². The van der Waals surface area contributed by atoms with Gasteiger partial charge in [0.1, 0.15) is 10.8 Å². The van der Waals surface area contributed by atoms with Gasteiger partial charge in [-0.05, 0) is 24.3 Å². The van der Waals surface area contributed by atoms with Crippen molar-refractivity contribution in [3.8, 4) is 21.8 Å². The summed E-state index contributed by atoms with van der Waals surface area (Å²) < 4.78 is 14.9. The first-order valence-corrected chi connectivity index (χ1v) is 7.86. The highest BCUT2D eigenvalue weighted by molar-refractivity contribution is 9.10. The van der Waals surface area contributed by atoms with Gasteiger partial charge in [0.25, 0.3) is 0 Å². The molecule has 3 rings (SSSR count). The standard InChI is InChI=1S/C15H8BrClFNS/c16-10-6-4-9(5-7-10)13-8-20-15(19-13)14-11(17)2-1-3-12(14)18/h1-8H. The van der Waals surface area contributed by atoms with Crippen LogP contribution in [0.5, 0.6) is 0 Å². The number of hydrogen-bond donors (Lipinski definition) is 0. The molecule has 1 nitrogen and oxygen atoms in total. The van der Waals surface area contributed by atoms with E-state index in [2.05, 4.69) is 20.9 Å². The molecule has 0 aliphatic heterocycles. The average molecular weight is 369 g/mol. The minimum absolute atomic E-state index is 0.353. The van der Waals surface area contributed by atoms with Crippen LogP contribution in [0.2, 0.25) is 5.02 Å². The third-order valence-electron chi connectivity index (χ3n) is 2.82. The van der Waals surface area contributed by atoms with Crippen molar-refractivity contribution in [2.75, 3.05) is 0 Å². The second-order valence-electron chi connectivity index (χ2n) is 4.14. The fourth-order valence-electron chi connectivity index (χ4n) is 1.84. The zero-order chi connectivity index (χ0) is 14.1. The Morgan fingerprint density at radius 1 is 1.10 bits per heavy atom. The molecule has 0 spiro atoms.